The summed E-state index contributed by atoms with van der Waals surface area (Å²) in [7, 11) is 0. The van der Waals surface area contributed by atoms with Gasteiger partial charge in [-0.2, -0.15) is 0 Å². The first kappa shape index (κ1) is 8.73. The Hall–Kier alpha value is -1.36. The van der Waals surface area contributed by atoms with Gasteiger partial charge in [0.05, 0.1) is 6.10 Å². The second-order valence-electron chi connectivity index (χ2n) is 2.56. The molecule has 1 rings (SSSR count). The molecule has 0 bridgehead atoms. The molecule has 0 aromatic carbocycles. The van der Waals surface area contributed by atoms with Gasteiger partial charge in [-0.3, -0.25) is 0 Å². The van der Waals surface area contributed by atoms with Gasteiger partial charge in [-0.1, -0.05) is 0 Å². The van der Waals surface area contributed by atoms with Crippen LogP contribution in [0, 0.1) is 0 Å². The average Bonchev–Trinajstić information content (AvgIpc) is 2.01. The van der Waals surface area contributed by atoms with E-state index in [1.54, 1.807) is 13.0 Å². The highest BCUT2D eigenvalue weighted by Crippen LogP contribution is 2.03. The molecule has 0 saturated heterocycles. The summed E-state index contributed by atoms with van der Waals surface area (Å²) in [5.41, 5.74) is 5.41. The van der Waals surface area contributed by atoms with E-state index in [0.717, 1.165) is 0 Å². The van der Waals surface area contributed by atoms with Gasteiger partial charge >= 0.3 is 0 Å². The summed E-state index contributed by atoms with van der Waals surface area (Å²) in [5.74, 6) is 1.04. The monoisotopic (exact) mass is 168 g/mol. The third-order valence-electron chi connectivity index (χ3n) is 1.27. The van der Waals surface area contributed by atoms with Crippen molar-refractivity contribution in [1.82, 2.24) is 9.97 Å². The first-order chi connectivity index (χ1) is 5.68. The summed E-state index contributed by atoms with van der Waals surface area (Å²) in [6, 6.07) is 1.61. The van der Waals surface area contributed by atoms with E-state index in [1.165, 1.54) is 6.33 Å². The standard InChI is InChI=1S/C7H12N4O/c1-5(12)3-9-7-2-6(8)10-4-11-7/h2,4-5,12H,3H2,1H3,(H3,8,9,10,11). The van der Waals surface area contributed by atoms with Gasteiger partial charge < -0.3 is 16.2 Å². The Kier molecular flexibility index (Phi) is 2.82. The average molecular weight is 168 g/mol. The Morgan fingerprint density at radius 1 is 1.67 bits per heavy atom. The van der Waals surface area contributed by atoms with E-state index in [9.17, 15) is 0 Å². The number of rotatable bonds is 3. The normalized spacial score (nSPS) is 12.5. The molecule has 0 saturated carbocycles. The van der Waals surface area contributed by atoms with Crippen LogP contribution in [0.3, 0.4) is 0 Å². The molecule has 4 N–H and O–H groups in total. The summed E-state index contributed by atoms with van der Waals surface area (Å²) in [5, 5.41) is 11.8. The molecule has 1 aromatic heterocycles. The molecule has 0 aliphatic rings. The lowest BCUT2D eigenvalue weighted by atomic mass is 10.4. The Morgan fingerprint density at radius 3 is 3.00 bits per heavy atom. The first-order valence-electron chi connectivity index (χ1n) is 3.68. The molecule has 0 radical (unpaired) electrons. The highest BCUT2D eigenvalue weighted by Gasteiger charge is 1.97. The number of hydrogen-bond acceptors (Lipinski definition) is 5. The van der Waals surface area contributed by atoms with Crippen LogP contribution in [0.5, 0.6) is 0 Å². The minimum absolute atomic E-state index is 0.402. The SMILES string of the molecule is CC(O)CNc1cc(N)ncn1. The number of anilines is 2. The molecule has 1 aromatic rings. The van der Waals surface area contributed by atoms with Crippen LogP contribution in [0.1, 0.15) is 6.92 Å². The predicted molar refractivity (Wildman–Crippen MR) is 46.6 cm³/mol. The lowest BCUT2D eigenvalue weighted by molar-refractivity contribution is 0.208. The van der Waals surface area contributed by atoms with Crippen molar-refractivity contribution < 1.29 is 5.11 Å². The third-order valence-corrected chi connectivity index (χ3v) is 1.27. The lowest BCUT2D eigenvalue weighted by Crippen LogP contribution is -2.16. The largest absolute Gasteiger partial charge is 0.392 e. The van der Waals surface area contributed by atoms with E-state index in [-0.39, 0.29) is 0 Å². The van der Waals surface area contributed by atoms with Gasteiger partial charge in [0, 0.05) is 12.6 Å². The Morgan fingerprint density at radius 2 is 2.42 bits per heavy atom. The Labute approximate surface area is 70.6 Å². The second-order valence-corrected chi connectivity index (χ2v) is 2.56. The maximum Gasteiger partial charge on any atom is 0.131 e. The molecule has 5 heteroatoms. The van der Waals surface area contributed by atoms with E-state index in [2.05, 4.69) is 15.3 Å². The van der Waals surface area contributed by atoms with Crippen LogP contribution in [0.25, 0.3) is 0 Å². The van der Waals surface area contributed by atoms with Crippen molar-refractivity contribution in [2.75, 3.05) is 17.6 Å². The van der Waals surface area contributed by atoms with E-state index >= 15 is 0 Å². The van der Waals surface area contributed by atoms with Crippen LogP contribution in [-0.4, -0.2) is 27.7 Å². The molecule has 0 fully saturated rings. The summed E-state index contributed by atoms with van der Waals surface area (Å²) in [6.07, 6.45) is 0.973. The molecule has 12 heavy (non-hydrogen) atoms. The molecule has 1 heterocycles. The van der Waals surface area contributed by atoms with Crippen molar-refractivity contribution in [2.45, 2.75) is 13.0 Å². The number of nitrogens with one attached hydrogen (secondary N) is 1. The molecule has 5 nitrogen and oxygen atoms in total. The fraction of sp³-hybridized carbons (Fsp3) is 0.429. The van der Waals surface area contributed by atoms with Gasteiger partial charge in [-0.15, -0.1) is 0 Å². The highest BCUT2D eigenvalue weighted by molar-refractivity contribution is 5.43. The maximum absolute atomic E-state index is 8.95. The molecular weight excluding hydrogens is 156 g/mol. The van der Waals surface area contributed by atoms with Gasteiger partial charge in [0.2, 0.25) is 0 Å². The maximum atomic E-state index is 8.95. The zero-order valence-electron chi connectivity index (χ0n) is 6.86. The Bertz CT molecular complexity index is 251. The van der Waals surface area contributed by atoms with Gasteiger partial charge in [0.1, 0.15) is 18.0 Å². The van der Waals surface area contributed by atoms with Gasteiger partial charge in [-0.25, -0.2) is 9.97 Å². The summed E-state index contributed by atoms with van der Waals surface area (Å²) >= 11 is 0. The Balaban J connectivity index is 2.52. The molecular formula is C7H12N4O. The number of aliphatic hydroxyl groups is 1. The first-order valence-corrected chi connectivity index (χ1v) is 3.68. The molecule has 1 unspecified atom stereocenters. The fourth-order valence-electron chi connectivity index (χ4n) is 0.721. The number of nitrogens with two attached hydrogens (primary N) is 1. The van der Waals surface area contributed by atoms with Crippen molar-refractivity contribution in [2.24, 2.45) is 0 Å². The molecule has 1 atom stereocenters. The zero-order valence-corrected chi connectivity index (χ0v) is 6.86. The lowest BCUT2D eigenvalue weighted by Gasteiger charge is -2.06. The molecule has 66 valence electrons. The van der Waals surface area contributed by atoms with Crippen LogP contribution in [0.15, 0.2) is 12.4 Å². The fourth-order valence-corrected chi connectivity index (χ4v) is 0.721. The number of aromatic nitrogens is 2. The number of nitrogens with zero attached hydrogens (tertiary/aromatic N) is 2. The van der Waals surface area contributed by atoms with E-state index in [4.69, 9.17) is 10.8 Å². The van der Waals surface area contributed by atoms with Gasteiger partial charge in [-0.05, 0) is 6.92 Å². The van der Waals surface area contributed by atoms with Crippen molar-refractivity contribution in [3.63, 3.8) is 0 Å². The van der Waals surface area contributed by atoms with E-state index in [1.807, 2.05) is 0 Å². The summed E-state index contributed by atoms with van der Waals surface area (Å²) in [4.78, 5) is 7.63. The number of aliphatic hydroxyl groups excluding tert-OH is 1. The number of hydrogen-bond donors (Lipinski definition) is 3. The van der Waals surface area contributed by atoms with Crippen LogP contribution in [-0.2, 0) is 0 Å². The zero-order chi connectivity index (χ0) is 8.97. The minimum Gasteiger partial charge on any atom is -0.392 e. The quantitative estimate of drug-likeness (QED) is 0.584. The van der Waals surface area contributed by atoms with Crippen molar-refractivity contribution in [3.8, 4) is 0 Å². The van der Waals surface area contributed by atoms with Crippen LogP contribution in [0.4, 0.5) is 11.6 Å². The third kappa shape index (κ3) is 2.71. The van der Waals surface area contributed by atoms with Crippen molar-refractivity contribution >= 4 is 11.6 Å². The predicted octanol–water partition coefficient (Wildman–Crippen LogP) is -0.149. The smallest absolute Gasteiger partial charge is 0.131 e. The second kappa shape index (κ2) is 3.87. The number of nitrogen functional groups attached to an aromatic ring is 1. The van der Waals surface area contributed by atoms with Gasteiger partial charge in [0.15, 0.2) is 0 Å². The summed E-state index contributed by atoms with van der Waals surface area (Å²) in [6.45, 7) is 2.15. The van der Waals surface area contributed by atoms with Crippen LogP contribution < -0.4 is 11.1 Å². The highest BCUT2D eigenvalue weighted by atomic mass is 16.3. The minimum atomic E-state index is -0.402. The molecule has 0 amide bonds. The van der Waals surface area contributed by atoms with Crippen molar-refractivity contribution in [1.29, 1.82) is 0 Å². The van der Waals surface area contributed by atoms with Gasteiger partial charge in [0.25, 0.3) is 0 Å². The van der Waals surface area contributed by atoms with Crippen LogP contribution in [0.2, 0.25) is 0 Å². The van der Waals surface area contributed by atoms with E-state index < -0.39 is 6.10 Å². The van der Waals surface area contributed by atoms with E-state index in [0.29, 0.717) is 18.2 Å². The molecule has 0 aliphatic heterocycles. The molecule has 0 aliphatic carbocycles. The molecule has 0 spiro atoms. The van der Waals surface area contributed by atoms with Crippen molar-refractivity contribution in [3.05, 3.63) is 12.4 Å². The topological polar surface area (TPSA) is 84.1 Å². The summed E-state index contributed by atoms with van der Waals surface area (Å²) < 4.78 is 0. The van der Waals surface area contributed by atoms with Crippen LogP contribution >= 0.6 is 0 Å².